The van der Waals surface area contributed by atoms with Gasteiger partial charge in [0.2, 0.25) is 0 Å². The Morgan fingerprint density at radius 3 is 2.79 bits per heavy atom. The zero-order valence-corrected chi connectivity index (χ0v) is 27.6. The summed E-state index contributed by atoms with van der Waals surface area (Å²) in [6, 6.07) is 6.45. The van der Waals surface area contributed by atoms with Crippen LogP contribution in [0.15, 0.2) is 29.0 Å². The molecular weight excluding hydrogens is 613 g/mol. The van der Waals surface area contributed by atoms with Gasteiger partial charge in [-0.15, -0.1) is 11.3 Å². The third-order valence-electron chi connectivity index (χ3n) is 10.6. The van der Waals surface area contributed by atoms with Crippen molar-refractivity contribution in [1.29, 1.82) is 5.26 Å². The molecule has 1 unspecified atom stereocenters. The lowest BCUT2D eigenvalue weighted by Gasteiger charge is -2.39. The predicted octanol–water partition coefficient (Wildman–Crippen LogP) is 5.80. The Hall–Kier alpha value is -4.38. The van der Waals surface area contributed by atoms with E-state index in [-0.39, 0.29) is 6.04 Å². The molecule has 0 bridgehead atoms. The zero-order valence-electron chi connectivity index (χ0n) is 26.8. The van der Waals surface area contributed by atoms with Gasteiger partial charge in [-0.25, -0.2) is 19.6 Å². The molecular formula is C34H38N10O2S. The highest BCUT2D eigenvalue weighted by Gasteiger charge is 2.49. The lowest BCUT2D eigenvalue weighted by Crippen LogP contribution is -2.35. The quantitative estimate of drug-likeness (QED) is 0.203. The zero-order chi connectivity index (χ0) is 32.4. The number of nitrogens with one attached hydrogen (secondary N) is 1. The maximum absolute atomic E-state index is 10.5. The van der Waals surface area contributed by atoms with Gasteiger partial charge < -0.3 is 25.6 Å². The molecule has 242 valence electrons. The topological polar surface area (TPSA) is 168 Å². The standard InChI is InChI=1S/C34H38N10O2S/c1-18(24-10-7-15-43(24)3)44-33-23(17-38-44)31(39-30-20(19(2)45)9-6-14-37-30)40-32(41-33)27-21-8-4-12-34(28(21)46-42-27)13-5-11-25-26(34)22(16-35)29(36)47-25/h6,9,14,17-19,24,45H,4-5,7-8,10-13,15,36H2,1-3H3,(H,37,39,40,41)/t18-,19?,24-,34-/m0/s1. The predicted molar refractivity (Wildman–Crippen MR) is 179 cm³/mol. The Bertz CT molecular complexity index is 2040. The van der Waals surface area contributed by atoms with E-state index in [0.717, 1.165) is 80.2 Å². The Labute approximate surface area is 276 Å². The molecule has 6 heterocycles. The first kappa shape index (κ1) is 30.0. The average molecular weight is 651 g/mol. The van der Waals surface area contributed by atoms with E-state index in [0.29, 0.717) is 51.0 Å². The molecule has 0 saturated carbocycles. The summed E-state index contributed by atoms with van der Waals surface area (Å²) in [5.74, 6) is 2.29. The highest BCUT2D eigenvalue weighted by atomic mass is 32.1. The van der Waals surface area contributed by atoms with Crippen LogP contribution in [-0.2, 0) is 18.3 Å². The normalized spacial score (nSPS) is 22.2. The Balaban J connectivity index is 1.30. The third-order valence-corrected chi connectivity index (χ3v) is 11.6. The molecule has 13 heteroatoms. The van der Waals surface area contributed by atoms with Crippen LogP contribution in [0, 0.1) is 11.3 Å². The number of thiophene rings is 1. The minimum absolute atomic E-state index is 0.0714. The number of hydrogen-bond acceptors (Lipinski definition) is 12. The van der Waals surface area contributed by atoms with E-state index < -0.39 is 11.5 Å². The number of nitriles is 1. The summed E-state index contributed by atoms with van der Waals surface area (Å²) in [4.78, 5) is 18.3. The first-order valence-electron chi connectivity index (χ1n) is 16.5. The van der Waals surface area contributed by atoms with Crippen LogP contribution >= 0.6 is 11.3 Å². The second kappa shape index (κ2) is 11.4. The number of aryl methyl sites for hydroxylation is 1. The molecule has 1 aliphatic heterocycles. The molecule has 4 atom stereocenters. The summed E-state index contributed by atoms with van der Waals surface area (Å²) < 4.78 is 8.31. The molecule has 1 spiro atoms. The van der Waals surface area contributed by atoms with Crippen molar-refractivity contribution in [1.82, 2.24) is 34.8 Å². The largest absolute Gasteiger partial charge is 0.389 e. The van der Waals surface area contributed by atoms with Crippen LogP contribution < -0.4 is 11.1 Å². The number of hydrogen-bond donors (Lipinski definition) is 3. The Kier molecular flexibility index (Phi) is 7.27. The molecule has 0 aromatic carbocycles. The average Bonchev–Trinajstić information content (AvgIpc) is 3.86. The van der Waals surface area contributed by atoms with E-state index in [1.54, 1.807) is 25.4 Å². The van der Waals surface area contributed by atoms with Crippen LogP contribution in [0.25, 0.3) is 22.6 Å². The Morgan fingerprint density at radius 1 is 1.19 bits per heavy atom. The number of anilines is 3. The lowest BCUT2D eigenvalue weighted by atomic mass is 9.63. The fourth-order valence-electron chi connectivity index (χ4n) is 8.32. The van der Waals surface area contributed by atoms with E-state index in [1.165, 1.54) is 16.2 Å². The fraction of sp³-hybridized carbons (Fsp3) is 0.471. The molecule has 5 aromatic heterocycles. The lowest BCUT2D eigenvalue weighted by molar-refractivity contribution is 0.199. The Morgan fingerprint density at radius 2 is 2.02 bits per heavy atom. The molecule has 5 aromatic rings. The highest BCUT2D eigenvalue weighted by Crippen LogP contribution is 2.55. The number of nitrogens with two attached hydrogens (primary N) is 1. The molecule has 1 fully saturated rings. The van der Waals surface area contributed by atoms with Gasteiger partial charge in [-0.3, -0.25) is 0 Å². The number of fused-ring (bicyclic) bond motifs is 5. The monoisotopic (exact) mass is 650 g/mol. The highest BCUT2D eigenvalue weighted by molar-refractivity contribution is 7.16. The van der Waals surface area contributed by atoms with Crippen molar-refractivity contribution < 1.29 is 9.63 Å². The van der Waals surface area contributed by atoms with E-state index in [9.17, 15) is 10.4 Å². The second-order valence-electron chi connectivity index (χ2n) is 13.3. The van der Waals surface area contributed by atoms with Crippen LogP contribution in [0.3, 0.4) is 0 Å². The SMILES string of the molecule is CC(O)c1cccnc1Nc1nc(-c2noc3c2CCC[C@@]32CCCc3sc(N)c(C#N)c32)nc2c1cnn2[C@@H](C)[C@@H]1CCCN1C. The third kappa shape index (κ3) is 4.64. The number of likely N-dealkylation sites (N-methyl/N-ethyl adjacent to an activating group) is 1. The minimum Gasteiger partial charge on any atom is -0.389 e. The van der Waals surface area contributed by atoms with Crippen LogP contribution in [0.5, 0.6) is 0 Å². The molecule has 12 nitrogen and oxygen atoms in total. The van der Waals surface area contributed by atoms with Crippen LogP contribution in [-0.4, -0.2) is 59.5 Å². The summed E-state index contributed by atoms with van der Waals surface area (Å²) in [7, 11) is 2.17. The summed E-state index contributed by atoms with van der Waals surface area (Å²) in [6.07, 6.45) is 10.4. The molecule has 0 amide bonds. The second-order valence-corrected chi connectivity index (χ2v) is 14.4. The molecule has 4 N–H and O–H groups in total. The van der Waals surface area contributed by atoms with Crippen LogP contribution in [0.4, 0.5) is 16.6 Å². The van der Waals surface area contributed by atoms with Gasteiger partial charge in [-0.05, 0) is 90.4 Å². The van der Waals surface area contributed by atoms with Crippen LogP contribution in [0.2, 0.25) is 0 Å². The van der Waals surface area contributed by atoms with Gasteiger partial charge in [0.1, 0.15) is 22.7 Å². The number of aromatic nitrogens is 6. The summed E-state index contributed by atoms with van der Waals surface area (Å²) in [6.45, 7) is 4.97. The van der Waals surface area contributed by atoms with Crippen molar-refractivity contribution in [3.05, 3.63) is 57.4 Å². The van der Waals surface area contributed by atoms with E-state index in [2.05, 4.69) is 40.4 Å². The molecule has 3 aliphatic rings. The van der Waals surface area contributed by atoms with Gasteiger partial charge in [-0.1, -0.05) is 11.2 Å². The molecule has 0 radical (unpaired) electrons. The maximum Gasteiger partial charge on any atom is 0.186 e. The summed E-state index contributed by atoms with van der Waals surface area (Å²) >= 11 is 1.53. The van der Waals surface area contributed by atoms with Crippen molar-refractivity contribution in [2.45, 2.75) is 88.8 Å². The van der Waals surface area contributed by atoms with E-state index >= 15 is 0 Å². The van der Waals surface area contributed by atoms with Crippen molar-refractivity contribution in [2.75, 3.05) is 24.6 Å². The molecule has 1 saturated heterocycles. The molecule has 2 aliphatic carbocycles. The maximum atomic E-state index is 10.5. The van der Waals surface area contributed by atoms with Gasteiger partial charge in [0, 0.05) is 28.2 Å². The van der Waals surface area contributed by atoms with Crippen molar-refractivity contribution in [2.24, 2.45) is 0 Å². The number of rotatable bonds is 6. The van der Waals surface area contributed by atoms with Gasteiger partial charge in [-0.2, -0.15) is 10.4 Å². The van der Waals surface area contributed by atoms with Crippen molar-refractivity contribution >= 4 is 39.0 Å². The number of nitrogen functional groups attached to an aromatic ring is 1. The number of pyridine rings is 1. The summed E-state index contributed by atoms with van der Waals surface area (Å²) in [5, 5.41) is 34.9. The van der Waals surface area contributed by atoms with E-state index in [1.807, 2.05) is 10.7 Å². The number of aliphatic hydroxyl groups excluding tert-OH is 1. The summed E-state index contributed by atoms with van der Waals surface area (Å²) in [5.41, 5.74) is 10.5. The number of likely N-dealkylation sites (tertiary alicyclic amines) is 1. The van der Waals surface area contributed by atoms with Crippen molar-refractivity contribution in [3.8, 4) is 17.6 Å². The first-order chi connectivity index (χ1) is 22.8. The van der Waals surface area contributed by atoms with Gasteiger partial charge in [0.25, 0.3) is 0 Å². The van der Waals surface area contributed by atoms with E-state index in [4.69, 9.17) is 25.3 Å². The fourth-order valence-corrected chi connectivity index (χ4v) is 9.48. The van der Waals surface area contributed by atoms with Gasteiger partial charge >= 0.3 is 0 Å². The molecule has 8 rings (SSSR count). The van der Waals surface area contributed by atoms with Gasteiger partial charge in [0.05, 0.1) is 34.7 Å². The number of aliphatic hydroxyl groups is 1. The smallest absolute Gasteiger partial charge is 0.186 e. The van der Waals surface area contributed by atoms with Crippen molar-refractivity contribution in [3.63, 3.8) is 0 Å². The van der Waals surface area contributed by atoms with Gasteiger partial charge in [0.15, 0.2) is 22.9 Å². The number of nitrogens with zero attached hydrogens (tertiary/aromatic N) is 8. The molecule has 47 heavy (non-hydrogen) atoms. The minimum atomic E-state index is -0.729. The van der Waals surface area contributed by atoms with Crippen LogP contribution in [0.1, 0.15) is 97.4 Å². The first-order valence-corrected chi connectivity index (χ1v) is 17.3.